The second-order valence-electron chi connectivity index (χ2n) is 3.56. The zero-order chi connectivity index (χ0) is 14.1. The third kappa shape index (κ3) is 23.3. The molecule has 0 rings (SSSR count). The van der Waals surface area contributed by atoms with Crippen molar-refractivity contribution >= 4 is 29.3 Å². The van der Waals surface area contributed by atoms with Gasteiger partial charge in [-0.1, -0.05) is 0 Å². The third-order valence-electron chi connectivity index (χ3n) is 2.68. The molecular weight excluding hydrogens is 513 g/mol. The van der Waals surface area contributed by atoms with Crippen LogP contribution in [-0.4, -0.2) is 29.3 Å². The van der Waals surface area contributed by atoms with Gasteiger partial charge < -0.3 is 0 Å². The van der Waals surface area contributed by atoms with Crippen LogP contribution in [0.4, 0.5) is 0 Å². The molecule has 0 aliphatic heterocycles. The van der Waals surface area contributed by atoms with E-state index in [1.807, 2.05) is 0 Å². The molecule has 0 saturated heterocycles. The van der Waals surface area contributed by atoms with E-state index in [0.717, 1.165) is 0 Å². The summed E-state index contributed by atoms with van der Waals surface area (Å²) in [5.41, 5.74) is 0. The number of hydrogen-bond donors (Lipinski definition) is 0. The van der Waals surface area contributed by atoms with Gasteiger partial charge in [0.1, 0.15) is 0 Å². The van der Waals surface area contributed by atoms with E-state index in [4.69, 9.17) is 0 Å². The first-order valence-corrected chi connectivity index (χ1v) is 19.3. The standard InChI is InChI=1S/2C6H15As.2CH3.Pt/c2*1-4-7(5-2)6-3;;;/h2*4-6H2,1-3H3;2*1H3;. The summed E-state index contributed by atoms with van der Waals surface area (Å²) in [6.45, 7) is 14.0. The molecule has 0 aliphatic carbocycles. The van der Waals surface area contributed by atoms with Gasteiger partial charge in [0.2, 0.25) is 0 Å². The second kappa shape index (κ2) is 22.9. The van der Waals surface area contributed by atoms with Crippen molar-refractivity contribution in [2.24, 2.45) is 0 Å². The van der Waals surface area contributed by atoms with Crippen LogP contribution in [0.2, 0.25) is 41.9 Å². The molecule has 0 atom stereocenters. The van der Waals surface area contributed by atoms with Gasteiger partial charge in [-0.15, -0.1) is 0 Å². The van der Waals surface area contributed by atoms with Crippen molar-refractivity contribution in [2.45, 2.75) is 83.4 Å². The van der Waals surface area contributed by atoms with Crippen LogP contribution in [0.15, 0.2) is 0 Å². The van der Waals surface area contributed by atoms with Crippen LogP contribution >= 0.6 is 0 Å². The molecule has 0 amide bonds. The average molecular weight is 549 g/mol. The summed E-state index contributed by atoms with van der Waals surface area (Å²) in [5.74, 6) is 0. The summed E-state index contributed by atoms with van der Waals surface area (Å²) in [6, 6.07) is 0. The van der Waals surface area contributed by atoms with Crippen LogP contribution in [0.1, 0.15) is 41.5 Å². The summed E-state index contributed by atoms with van der Waals surface area (Å²) in [5, 5.41) is 13.5. The summed E-state index contributed by atoms with van der Waals surface area (Å²) >= 11 is 0.125. The van der Waals surface area contributed by atoms with E-state index in [-0.39, 0.29) is 29.3 Å². The first-order valence-electron chi connectivity index (χ1n) is 6.77. The van der Waals surface area contributed by atoms with E-state index in [1.165, 1.54) is 31.3 Å². The maximum atomic E-state index is 2.33. The minimum atomic E-state index is -0.229. The molecule has 0 bridgehead atoms. The quantitative estimate of drug-likeness (QED) is 0.344. The monoisotopic (exact) mass is 549 g/mol. The molecule has 0 aromatic heterocycles. The Morgan fingerprint density at radius 1 is 0.529 bits per heavy atom. The van der Waals surface area contributed by atoms with Gasteiger partial charge in [0.05, 0.1) is 0 Å². The Morgan fingerprint density at radius 2 is 0.647 bits per heavy atom. The van der Waals surface area contributed by atoms with E-state index in [9.17, 15) is 0 Å². The fourth-order valence-electron chi connectivity index (χ4n) is 1.34. The Bertz CT molecular complexity index is 79.4. The van der Waals surface area contributed by atoms with Gasteiger partial charge in [0.15, 0.2) is 0 Å². The van der Waals surface area contributed by atoms with Crippen molar-refractivity contribution in [1.29, 1.82) is 0 Å². The molecule has 112 valence electrons. The molecular formula is C14H36As2Pt. The second-order valence-corrected chi connectivity index (χ2v) is 19.4. The molecule has 3 heteroatoms. The summed E-state index contributed by atoms with van der Waals surface area (Å²) < 4.78 is 0. The third-order valence-corrected chi connectivity index (χ3v) is 13.9. The summed E-state index contributed by atoms with van der Waals surface area (Å²) in [7, 11) is 0. The average Bonchev–Trinajstić information content (AvgIpc) is 2.35. The van der Waals surface area contributed by atoms with Gasteiger partial charge in [-0.3, -0.25) is 0 Å². The Balaban J connectivity index is -0.000000188. The molecule has 0 aliphatic rings. The van der Waals surface area contributed by atoms with Gasteiger partial charge in [-0.25, -0.2) is 0 Å². The van der Waals surface area contributed by atoms with E-state index in [2.05, 4.69) is 52.2 Å². The van der Waals surface area contributed by atoms with Crippen LogP contribution in [-0.2, 0) is 18.6 Å². The van der Waals surface area contributed by atoms with E-state index in [1.54, 1.807) is 0 Å². The molecule has 0 spiro atoms. The van der Waals surface area contributed by atoms with Crippen molar-refractivity contribution in [3.05, 3.63) is 0 Å². The predicted octanol–water partition coefficient (Wildman–Crippen LogP) is 6.25. The van der Waals surface area contributed by atoms with Crippen LogP contribution in [0.25, 0.3) is 0 Å². The minimum absolute atomic E-state index is 0.229. The molecule has 17 heavy (non-hydrogen) atoms. The summed E-state index contributed by atoms with van der Waals surface area (Å²) in [6.07, 6.45) is 0. The van der Waals surface area contributed by atoms with Gasteiger partial charge in [0.25, 0.3) is 0 Å². The molecule has 0 saturated carbocycles. The number of rotatable bonds is 6. The van der Waals surface area contributed by atoms with E-state index < -0.39 is 0 Å². The van der Waals surface area contributed by atoms with Crippen molar-refractivity contribution in [3.8, 4) is 0 Å². The SMILES string of the molecule is CC[As](CC)CC.CC[As](CC)CC.[CH3][Pt][CH3]. The summed E-state index contributed by atoms with van der Waals surface area (Å²) in [4.78, 5) is 0. The Labute approximate surface area is 130 Å². The fraction of sp³-hybridized carbons (Fsp3) is 1.00. The van der Waals surface area contributed by atoms with Crippen LogP contribution < -0.4 is 0 Å². The Morgan fingerprint density at radius 3 is 0.647 bits per heavy atom. The molecule has 0 aromatic carbocycles. The van der Waals surface area contributed by atoms with E-state index in [0.29, 0.717) is 18.6 Å². The normalized spacial score (nSPS) is 9.76. The molecule has 0 heterocycles. The molecule has 0 N–H and O–H groups in total. The van der Waals surface area contributed by atoms with Gasteiger partial charge >= 0.3 is 131 Å². The fourth-order valence-corrected chi connectivity index (χ4v) is 6.97. The zero-order valence-corrected chi connectivity index (χ0v) is 19.5. The van der Waals surface area contributed by atoms with Crippen LogP contribution in [0.3, 0.4) is 0 Å². The number of hydrogen-bond acceptors (Lipinski definition) is 0. The van der Waals surface area contributed by atoms with Gasteiger partial charge in [-0.05, 0) is 0 Å². The zero-order valence-electron chi connectivity index (χ0n) is 13.5. The molecule has 0 radical (unpaired) electrons. The first-order chi connectivity index (χ1) is 8.11. The van der Waals surface area contributed by atoms with Crippen LogP contribution in [0, 0.1) is 0 Å². The molecule has 0 fully saturated rings. The topological polar surface area (TPSA) is 0 Å². The molecule has 0 aromatic rings. The van der Waals surface area contributed by atoms with Gasteiger partial charge in [-0.2, -0.15) is 0 Å². The van der Waals surface area contributed by atoms with Crippen LogP contribution in [0.5, 0.6) is 0 Å². The first kappa shape index (κ1) is 23.9. The van der Waals surface area contributed by atoms with E-state index >= 15 is 0 Å². The predicted molar refractivity (Wildman–Crippen MR) is 86.1 cm³/mol. The van der Waals surface area contributed by atoms with Crippen molar-refractivity contribution in [3.63, 3.8) is 0 Å². The van der Waals surface area contributed by atoms with Crippen molar-refractivity contribution in [2.75, 3.05) is 0 Å². The molecule has 0 unspecified atom stereocenters. The molecule has 0 nitrogen and oxygen atoms in total. The van der Waals surface area contributed by atoms with Crippen molar-refractivity contribution < 1.29 is 18.6 Å². The van der Waals surface area contributed by atoms with Gasteiger partial charge in [0, 0.05) is 0 Å². The maximum absolute atomic E-state index is 2.33. The Hall–Kier alpha value is 1.81. The Kier molecular flexibility index (Phi) is 32.2. The van der Waals surface area contributed by atoms with Crippen molar-refractivity contribution in [1.82, 2.24) is 0 Å².